The van der Waals surface area contributed by atoms with Gasteiger partial charge in [-0.1, -0.05) is 45.4 Å². The van der Waals surface area contributed by atoms with Crippen LogP contribution in [0.5, 0.6) is 0 Å². The van der Waals surface area contributed by atoms with Gasteiger partial charge in [0.25, 0.3) is 0 Å². The third kappa shape index (κ3) is 3.84. The van der Waals surface area contributed by atoms with Crippen molar-refractivity contribution in [1.82, 2.24) is 5.32 Å². The molecule has 1 amide bonds. The van der Waals surface area contributed by atoms with E-state index in [0.717, 1.165) is 12.8 Å². The molecule has 1 aliphatic carbocycles. The largest absolute Gasteiger partial charge is 0.356 e. The summed E-state index contributed by atoms with van der Waals surface area (Å²) >= 11 is 0. The topological polar surface area (TPSA) is 29.1 Å². The van der Waals surface area contributed by atoms with Crippen molar-refractivity contribution in [3.8, 4) is 0 Å². The Hall–Kier alpha value is -1.38. The first-order chi connectivity index (χ1) is 9.92. The summed E-state index contributed by atoms with van der Waals surface area (Å²) in [6, 6.07) is 6.74. The van der Waals surface area contributed by atoms with E-state index in [1.807, 2.05) is 6.07 Å². The van der Waals surface area contributed by atoms with Crippen LogP contribution in [0.25, 0.3) is 0 Å². The van der Waals surface area contributed by atoms with Crippen LogP contribution in [0.2, 0.25) is 0 Å². The number of rotatable bonds is 4. The Morgan fingerprint density at radius 2 is 2.10 bits per heavy atom. The monoisotopic (exact) mass is 291 g/mol. The molecule has 2 atom stereocenters. The van der Waals surface area contributed by atoms with Crippen LogP contribution in [0.3, 0.4) is 0 Å². The van der Waals surface area contributed by atoms with Crippen molar-refractivity contribution in [2.24, 2.45) is 17.3 Å². The van der Waals surface area contributed by atoms with Crippen molar-refractivity contribution in [2.45, 2.75) is 46.5 Å². The number of carbonyl (C=O) groups is 1. The summed E-state index contributed by atoms with van der Waals surface area (Å²) < 4.78 is 13.5. The standard InChI is InChI=1S/C18H26FNO/c1-13-7-6-11-18(2,3)16(13)17(21)20-12-10-14-8-4-5-9-15(14)19/h4-5,8-9,13,16H,6-7,10-12H2,1-3H3,(H,20,21). The molecule has 0 bridgehead atoms. The van der Waals surface area contributed by atoms with Gasteiger partial charge in [-0.05, 0) is 42.2 Å². The molecule has 0 heterocycles. The molecule has 1 aliphatic rings. The Morgan fingerprint density at radius 1 is 1.38 bits per heavy atom. The van der Waals surface area contributed by atoms with E-state index in [1.54, 1.807) is 12.1 Å². The van der Waals surface area contributed by atoms with Gasteiger partial charge in [0.2, 0.25) is 5.91 Å². The summed E-state index contributed by atoms with van der Waals surface area (Å²) in [5, 5.41) is 3.01. The van der Waals surface area contributed by atoms with E-state index in [-0.39, 0.29) is 23.1 Å². The predicted molar refractivity (Wildman–Crippen MR) is 83.4 cm³/mol. The second-order valence-corrected chi connectivity index (χ2v) is 6.97. The van der Waals surface area contributed by atoms with Crippen LogP contribution in [0.15, 0.2) is 24.3 Å². The van der Waals surface area contributed by atoms with E-state index < -0.39 is 0 Å². The third-order valence-corrected chi connectivity index (χ3v) is 4.83. The smallest absolute Gasteiger partial charge is 0.223 e. The molecule has 0 radical (unpaired) electrons. The van der Waals surface area contributed by atoms with Gasteiger partial charge in [0, 0.05) is 12.5 Å². The van der Waals surface area contributed by atoms with Gasteiger partial charge >= 0.3 is 0 Å². The minimum Gasteiger partial charge on any atom is -0.356 e. The second kappa shape index (κ2) is 6.59. The summed E-state index contributed by atoms with van der Waals surface area (Å²) in [6.07, 6.45) is 3.96. The van der Waals surface area contributed by atoms with Crippen molar-refractivity contribution >= 4 is 5.91 Å². The fourth-order valence-corrected chi connectivity index (χ4v) is 3.72. The van der Waals surface area contributed by atoms with Gasteiger partial charge in [-0.2, -0.15) is 0 Å². The molecule has 1 aromatic rings. The van der Waals surface area contributed by atoms with Crippen LogP contribution in [0, 0.1) is 23.1 Å². The second-order valence-electron chi connectivity index (χ2n) is 6.97. The molecule has 2 unspecified atom stereocenters. The SMILES string of the molecule is CC1CCCC(C)(C)C1C(=O)NCCc1ccccc1F. The molecule has 1 N–H and O–H groups in total. The van der Waals surface area contributed by atoms with Crippen molar-refractivity contribution in [3.05, 3.63) is 35.6 Å². The van der Waals surface area contributed by atoms with Crippen LogP contribution >= 0.6 is 0 Å². The number of carbonyl (C=O) groups excluding carboxylic acids is 1. The molecule has 21 heavy (non-hydrogen) atoms. The minimum atomic E-state index is -0.196. The van der Waals surface area contributed by atoms with Gasteiger partial charge in [0.05, 0.1) is 0 Å². The zero-order chi connectivity index (χ0) is 15.5. The maximum Gasteiger partial charge on any atom is 0.223 e. The highest BCUT2D eigenvalue weighted by Crippen LogP contribution is 2.43. The lowest BCUT2D eigenvalue weighted by Gasteiger charge is -2.41. The fourth-order valence-electron chi connectivity index (χ4n) is 3.72. The van der Waals surface area contributed by atoms with E-state index >= 15 is 0 Å². The van der Waals surface area contributed by atoms with Crippen LogP contribution < -0.4 is 5.32 Å². The third-order valence-electron chi connectivity index (χ3n) is 4.83. The van der Waals surface area contributed by atoms with Crippen LogP contribution in [-0.4, -0.2) is 12.5 Å². The summed E-state index contributed by atoms with van der Waals surface area (Å²) in [4.78, 5) is 12.5. The summed E-state index contributed by atoms with van der Waals surface area (Å²) in [5.41, 5.74) is 0.716. The van der Waals surface area contributed by atoms with E-state index in [2.05, 4.69) is 26.1 Å². The molecule has 2 nitrogen and oxygen atoms in total. The van der Waals surface area contributed by atoms with E-state index in [4.69, 9.17) is 0 Å². The highest BCUT2D eigenvalue weighted by Gasteiger charge is 2.41. The first kappa shape index (κ1) is 16.0. The highest BCUT2D eigenvalue weighted by atomic mass is 19.1. The number of amides is 1. The van der Waals surface area contributed by atoms with Crippen molar-refractivity contribution < 1.29 is 9.18 Å². The average Bonchev–Trinajstić information content (AvgIpc) is 2.39. The minimum absolute atomic E-state index is 0.0553. The zero-order valence-electron chi connectivity index (χ0n) is 13.3. The molecular weight excluding hydrogens is 265 g/mol. The Labute approximate surface area is 127 Å². The normalized spacial score (nSPS) is 24.6. The van der Waals surface area contributed by atoms with Crippen LogP contribution in [-0.2, 0) is 11.2 Å². The van der Waals surface area contributed by atoms with Crippen molar-refractivity contribution in [3.63, 3.8) is 0 Å². The van der Waals surface area contributed by atoms with Gasteiger partial charge in [0.1, 0.15) is 5.82 Å². The van der Waals surface area contributed by atoms with Gasteiger partial charge in [-0.15, -0.1) is 0 Å². The predicted octanol–water partition coefficient (Wildman–Crippen LogP) is 3.95. The first-order valence-electron chi connectivity index (χ1n) is 7.93. The molecule has 1 aromatic carbocycles. The van der Waals surface area contributed by atoms with Gasteiger partial charge in [-0.3, -0.25) is 4.79 Å². The van der Waals surface area contributed by atoms with E-state index in [0.29, 0.717) is 24.4 Å². The number of nitrogens with one attached hydrogen (secondary N) is 1. The Balaban J connectivity index is 1.91. The first-order valence-corrected chi connectivity index (χ1v) is 7.93. The zero-order valence-corrected chi connectivity index (χ0v) is 13.3. The molecule has 0 spiro atoms. The summed E-state index contributed by atoms with van der Waals surface area (Å²) in [5.74, 6) is 0.413. The fraction of sp³-hybridized carbons (Fsp3) is 0.611. The average molecular weight is 291 g/mol. The number of hydrogen-bond donors (Lipinski definition) is 1. The molecule has 0 aliphatic heterocycles. The molecular formula is C18H26FNO. The lowest BCUT2D eigenvalue weighted by molar-refractivity contribution is -0.132. The number of hydrogen-bond acceptors (Lipinski definition) is 1. The van der Waals surface area contributed by atoms with Crippen LogP contribution in [0.4, 0.5) is 4.39 Å². The molecule has 3 heteroatoms. The van der Waals surface area contributed by atoms with Gasteiger partial charge in [0.15, 0.2) is 0 Å². The quantitative estimate of drug-likeness (QED) is 0.894. The lowest BCUT2D eigenvalue weighted by Crippen LogP contribution is -2.45. The summed E-state index contributed by atoms with van der Waals surface area (Å²) in [6.45, 7) is 7.04. The number of benzene rings is 1. The number of halogens is 1. The van der Waals surface area contributed by atoms with E-state index in [9.17, 15) is 9.18 Å². The maximum absolute atomic E-state index is 13.5. The lowest BCUT2D eigenvalue weighted by atomic mass is 9.64. The molecule has 1 saturated carbocycles. The Kier molecular flexibility index (Phi) is 5.02. The van der Waals surface area contributed by atoms with Gasteiger partial charge in [-0.25, -0.2) is 4.39 Å². The molecule has 1 fully saturated rings. The Morgan fingerprint density at radius 3 is 2.76 bits per heavy atom. The van der Waals surface area contributed by atoms with Crippen LogP contribution in [0.1, 0.15) is 45.6 Å². The van der Waals surface area contributed by atoms with Crippen molar-refractivity contribution in [2.75, 3.05) is 6.54 Å². The van der Waals surface area contributed by atoms with Crippen molar-refractivity contribution in [1.29, 1.82) is 0 Å². The van der Waals surface area contributed by atoms with Gasteiger partial charge < -0.3 is 5.32 Å². The Bertz CT molecular complexity index is 498. The molecule has 116 valence electrons. The molecule has 0 aromatic heterocycles. The maximum atomic E-state index is 13.5. The summed E-state index contributed by atoms with van der Waals surface area (Å²) in [7, 11) is 0. The highest BCUT2D eigenvalue weighted by molar-refractivity contribution is 5.79. The molecule has 2 rings (SSSR count). The molecule has 0 saturated heterocycles. The van der Waals surface area contributed by atoms with E-state index in [1.165, 1.54) is 12.5 Å².